The first-order valence-corrected chi connectivity index (χ1v) is 9.86. The minimum absolute atomic E-state index is 0.0547. The SMILES string of the molecule is C[C@@H](Cc1cccc(Cl)c1)NC(=O)C1=CN2CCS(=O)(=O)N=C2C=C1. The third-order valence-corrected chi connectivity index (χ3v) is 5.29. The summed E-state index contributed by atoms with van der Waals surface area (Å²) >= 11 is 5.98. The van der Waals surface area contributed by atoms with Crippen molar-refractivity contribution in [1.29, 1.82) is 0 Å². The zero-order chi connectivity index (χ0) is 18.0. The molecule has 1 aromatic carbocycles. The van der Waals surface area contributed by atoms with Gasteiger partial charge in [-0.15, -0.1) is 4.40 Å². The van der Waals surface area contributed by atoms with Gasteiger partial charge in [0.1, 0.15) is 5.84 Å². The summed E-state index contributed by atoms with van der Waals surface area (Å²) < 4.78 is 26.7. The molecule has 1 atom stereocenters. The summed E-state index contributed by atoms with van der Waals surface area (Å²) in [5.74, 6) is 0.0778. The number of fused-ring (bicyclic) bond motifs is 1. The maximum absolute atomic E-state index is 12.4. The molecule has 0 saturated heterocycles. The molecule has 0 aromatic heterocycles. The predicted molar refractivity (Wildman–Crippen MR) is 97.9 cm³/mol. The summed E-state index contributed by atoms with van der Waals surface area (Å²) in [5.41, 5.74) is 1.51. The first kappa shape index (κ1) is 17.7. The third-order valence-electron chi connectivity index (χ3n) is 3.89. The largest absolute Gasteiger partial charge is 0.349 e. The lowest BCUT2D eigenvalue weighted by atomic mass is 10.1. The normalized spacial score (nSPS) is 19.5. The molecule has 2 heterocycles. The number of benzene rings is 1. The molecule has 25 heavy (non-hydrogen) atoms. The van der Waals surface area contributed by atoms with Gasteiger partial charge in [-0.3, -0.25) is 4.79 Å². The molecule has 3 rings (SSSR count). The number of amides is 1. The molecule has 8 heteroatoms. The maximum Gasteiger partial charge on any atom is 0.256 e. The van der Waals surface area contributed by atoms with Crippen LogP contribution in [0.5, 0.6) is 0 Å². The van der Waals surface area contributed by atoms with Crippen LogP contribution in [-0.2, 0) is 21.2 Å². The molecular weight excluding hydrogens is 362 g/mol. The van der Waals surface area contributed by atoms with E-state index in [1.165, 1.54) is 0 Å². The molecule has 0 aliphatic carbocycles. The summed E-state index contributed by atoms with van der Waals surface area (Å²) in [7, 11) is -3.39. The number of amidine groups is 1. The van der Waals surface area contributed by atoms with E-state index in [0.29, 0.717) is 29.4 Å². The number of halogens is 1. The molecule has 2 aliphatic heterocycles. The van der Waals surface area contributed by atoms with Gasteiger partial charge in [-0.25, -0.2) is 8.42 Å². The Morgan fingerprint density at radius 3 is 2.96 bits per heavy atom. The van der Waals surface area contributed by atoms with E-state index in [9.17, 15) is 13.2 Å². The number of rotatable bonds is 4. The fraction of sp³-hybridized carbons (Fsp3) is 0.294. The third kappa shape index (κ3) is 4.49. The topological polar surface area (TPSA) is 78.8 Å². The number of nitrogens with one attached hydrogen (secondary N) is 1. The summed E-state index contributed by atoms with van der Waals surface area (Å²) in [6.07, 6.45) is 5.43. The Bertz CT molecular complexity index is 890. The standard InChI is InChI=1S/C17H18ClN3O3S/c1-12(9-13-3-2-4-15(18)10-13)19-17(22)14-5-6-16-20-25(23,24)8-7-21(16)11-14/h2-6,10-12H,7-9H2,1H3,(H,19,22)/t12-/m0/s1. The molecule has 0 bridgehead atoms. The number of nitrogens with zero attached hydrogens (tertiary/aromatic N) is 2. The van der Waals surface area contributed by atoms with Crippen LogP contribution in [0.1, 0.15) is 12.5 Å². The van der Waals surface area contributed by atoms with E-state index in [1.807, 2.05) is 31.2 Å². The average molecular weight is 380 g/mol. The fourth-order valence-electron chi connectivity index (χ4n) is 2.71. The Morgan fingerprint density at radius 2 is 2.20 bits per heavy atom. The van der Waals surface area contributed by atoms with Gasteiger partial charge in [0.25, 0.3) is 15.9 Å². The number of hydrogen-bond acceptors (Lipinski definition) is 4. The van der Waals surface area contributed by atoms with Crippen LogP contribution in [-0.4, -0.2) is 43.4 Å². The first-order chi connectivity index (χ1) is 11.8. The first-order valence-electron chi connectivity index (χ1n) is 7.87. The Balaban J connectivity index is 1.64. The van der Waals surface area contributed by atoms with Crippen molar-refractivity contribution in [2.24, 2.45) is 4.40 Å². The average Bonchev–Trinajstić information content (AvgIpc) is 2.53. The Labute approximate surface area is 151 Å². The second kappa shape index (κ2) is 7.01. The van der Waals surface area contributed by atoms with Crippen LogP contribution >= 0.6 is 11.6 Å². The molecule has 132 valence electrons. The molecular formula is C17H18ClN3O3S. The van der Waals surface area contributed by atoms with E-state index in [4.69, 9.17) is 11.6 Å². The predicted octanol–water partition coefficient (Wildman–Crippen LogP) is 1.88. The highest BCUT2D eigenvalue weighted by Crippen LogP contribution is 2.16. The van der Waals surface area contributed by atoms with E-state index in [1.54, 1.807) is 23.3 Å². The monoisotopic (exact) mass is 379 g/mol. The Morgan fingerprint density at radius 1 is 1.40 bits per heavy atom. The maximum atomic E-state index is 12.4. The van der Waals surface area contributed by atoms with Crippen molar-refractivity contribution in [3.05, 3.63) is 58.8 Å². The van der Waals surface area contributed by atoms with Crippen LogP contribution in [0.4, 0.5) is 0 Å². The van der Waals surface area contributed by atoms with Crippen LogP contribution in [0.2, 0.25) is 5.02 Å². The van der Waals surface area contributed by atoms with Gasteiger partial charge in [-0.2, -0.15) is 0 Å². The van der Waals surface area contributed by atoms with E-state index in [0.717, 1.165) is 5.56 Å². The number of carbonyl (C=O) groups is 1. The van der Waals surface area contributed by atoms with Gasteiger partial charge in [0.05, 0.1) is 11.3 Å². The number of sulfonamides is 1. The highest BCUT2D eigenvalue weighted by Gasteiger charge is 2.25. The molecule has 0 spiro atoms. The minimum atomic E-state index is -3.39. The molecule has 6 nitrogen and oxygen atoms in total. The molecule has 0 saturated carbocycles. The lowest BCUT2D eigenvalue weighted by Crippen LogP contribution is -2.39. The van der Waals surface area contributed by atoms with Crippen molar-refractivity contribution in [3.63, 3.8) is 0 Å². The van der Waals surface area contributed by atoms with Crippen LogP contribution in [0.25, 0.3) is 0 Å². The minimum Gasteiger partial charge on any atom is -0.349 e. The Hall–Kier alpha value is -2.12. The van der Waals surface area contributed by atoms with Gasteiger partial charge in [-0.1, -0.05) is 23.7 Å². The smallest absolute Gasteiger partial charge is 0.256 e. The second-order valence-electron chi connectivity index (χ2n) is 6.06. The van der Waals surface area contributed by atoms with E-state index in [-0.39, 0.29) is 17.7 Å². The molecule has 1 amide bonds. The van der Waals surface area contributed by atoms with Crippen molar-refractivity contribution in [2.75, 3.05) is 12.3 Å². The van der Waals surface area contributed by atoms with Gasteiger partial charge >= 0.3 is 0 Å². The quantitative estimate of drug-likeness (QED) is 0.866. The van der Waals surface area contributed by atoms with Crippen molar-refractivity contribution < 1.29 is 13.2 Å². The van der Waals surface area contributed by atoms with Crippen molar-refractivity contribution in [1.82, 2.24) is 10.2 Å². The number of carbonyl (C=O) groups excluding carboxylic acids is 1. The van der Waals surface area contributed by atoms with E-state index < -0.39 is 10.0 Å². The van der Waals surface area contributed by atoms with Gasteiger partial charge in [-0.05, 0) is 43.2 Å². The molecule has 0 unspecified atom stereocenters. The molecule has 1 aromatic rings. The zero-order valence-electron chi connectivity index (χ0n) is 13.6. The van der Waals surface area contributed by atoms with Gasteiger partial charge in [0.2, 0.25) is 0 Å². The van der Waals surface area contributed by atoms with Gasteiger partial charge in [0, 0.05) is 23.8 Å². The highest BCUT2D eigenvalue weighted by molar-refractivity contribution is 7.90. The van der Waals surface area contributed by atoms with E-state index in [2.05, 4.69) is 9.71 Å². The highest BCUT2D eigenvalue weighted by atomic mass is 35.5. The molecule has 0 fully saturated rings. The summed E-state index contributed by atoms with van der Waals surface area (Å²) in [5, 5.41) is 3.61. The summed E-state index contributed by atoms with van der Waals surface area (Å²) in [6, 6.07) is 7.46. The van der Waals surface area contributed by atoms with Crippen LogP contribution in [0.15, 0.2) is 52.6 Å². The molecule has 0 radical (unpaired) electrons. The van der Waals surface area contributed by atoms with Crippen LogP contribution in [0.3, 0.4) is 0 Å². The van der Waals surface area contributed by atoms with Crippen molar-refractivity contribution >= 4 is 33.4 Å². The van der Waals surface area contributed by atoms with E-state index >= 15 is 0 Å². The lowest BCUT2D eigenvalue weighted by molar-refractivity contribution is -0.117. The van der Waals surface area contributed by atoms with Crippen LogP contribution in [0, 0.1) is 0 Å². The zero-order valence-corrected chi connectivity index (χ0v) is 15.2. The summed E-state index contributed by atoms with van der Waals surface area (Å²) in [6.45, 7) is 2.21. The molecule has 1 N–H and O–H groups in total. The fourth-order valence-corrected chi connectivity index (χ4v) is 3.89. The lowest BCUT2D eigenvalue weighted by Gasteiger charge is -2.27. The van der Waals surface area contributed by atoms with Crippen LogP contribution < -0.4 is 5.32 Å². The second-order valence-corrected chi connectivity index (χ2v) is 8.25. The van der Waals surface area contributed by atoms with Crippen molar-refractivity contribution in [3.8, 4) is 0 Å². The Kier molecular flexibility index (Phi) is 4.96. The number of hydrogen-bond donors (Lipinski definition) is 1. The van der Waals surface area contributed by atoms with Gasteiger partial charge in [0.15, 0.2) is 0 Å². The molecule has 2 aliphatic rings. The van der Waals surface area contributed by atoms with Crippen molar-refractivity contribution in [2.45, 2.75) is 19.4 Å². The summed E-state index contributed by atoms with van der Waals surface area (Å²) in [4.78, 5) is 14.1. The van der Waals surface area contributed by atoms with Gasteiger partial charge < -0.3 is 10.2 Å².